The SMILES string of the molecule is CCCCCCC/C=C\C/C=C\C/C=C\CCCCCCCCC(=O)OCC(O)COC(OCC[N+](C)(C)C)C(=O)O. The van der Waals surface area contributed by atoms with Gasteiger partial charge in [0.1, 0.15) is 19.3 Å². The molecule has 8 heteroatoms. The van der Waals surface area contributed by atoms with E-state index in [1.807, 2.05) is 21.1 Å². The number of unbranched alkanes of at least 4 members (excludes halogenated alkanes) is 11. The molecule has 0 spiro atoms. The van der Waals surface area contributed by atoms with E-state index in [9.17, 15) is 19.8 Å². The van der Waals surface area contributed by atoms with Gasteiger partial charge in [0, 0.05) is 6.42 Å². The second-order valence-corrected chi connectivity index (χ2v) is 12.0. The predicted octanol–water partition coefficient (Wildman–Crippen LogP) is 6.97. The number of hydrogen-bond donors (Lipinski definition) is 2. The number of nitrogens with zero attached hydrogens (tertiary/aromatic N) is 1. The van der Waals surface area contributed by atoms with Gasteiger partial charge in [0.15, 0.2) is 0 Å². The lowest BCUT2D eigenvalue weighted by atomic mass is 10.1. The molecule has 0 amide bonds. The standard InChI is InChI=1S/C34H61NO7/c1-5-6-7-8-9-10-11-12-13-14-15-16-17-18-19-20-21-22-23-24-25-26-32(37)41-29-31(36)30-42-34(33(38)39)40-28-27-35(2,3)4/h11-12,14-15,17-18,31,34,36H,5-10,13,16,19-30H2,1-4H3/p+1/b12-11-,15-14-,18-17-. The van der Waals surface area contributed by atoms with Crippen molar-refractivity contribution in [2.45, 2.75) is 122 Å². The van der Waals surface area contributed by atoms with Crippen LogP contribution in [0.15, 0.2) is 36.5 Å². The average molecular weight is 597 g/mol. The second-order valence-electron chi connectivity index (χ2n) is 12.0. The zero-order chi connectivity index (χ0) is 31.3. The van der Waals surface area contributed by atoms with E-state index in [1.165, 1.54) is 51.4 Å². The Kier molecular flexibility index (Phi) is 26.5. The Hall–Kier alpha value is -2.00. The number of carboxylic acid groups (broad SMARTS) is 1. The molecule has 0 aliphatic heterocycles. The Morgan fingerprint density at radius 2 is 1.24 bits per heavy atom. The third kappa shape index (κ3) is 29.5. The van der Waals surface area contributed by atoms with Crippen LogP contribution in [0, 0.1) is 0 Å². The van der Waals surface area contributed by atoms with Gasteiger partial charge in [-0.15, -0.1) is 0 Å². The highest BCUT2D eigenvalue weighted by atomic mass is 16.7. The first-order valence-corrected chi connectivity index (χ1v) is 16.2. The van der Waals surface area contributed by atoms with Gasteiger partial charge in [-0.05, 0) is 44.9 Å². The number of rotatable bonds is 29. The molecule has 8 nitrogen and oxygen atoms in total. The molecular weight excluding hydrogens is 534 g/mol. The van der Waals surface area contributed by atoms with E-state index in [4.69, 9.17) is 14.2 Å². The largest absolute Gasteiger partial charge is 0.477 e. The molecule has 0 radical (unpaired) electrons. The first kappa shape index (κ1) is 40.0. The van der Waals surface area contributed by atoms with Crippen LogP contribution in [0.5, 0.6) is 0 Å². The lowest BCUT2D eigenvalue weighted by molar-refractivity contribution is -0.870. The van der Waals surface area contributed by atoms with Crippen LogP contribution in [0.25, 0.3) is 0 Å². The third-order valence-corrected chi connectivity index (χ3v) is 6.63. The number of hydrogen-bond acceptors (Lipinski definition) is 6. The highest BCUT2D eigenvalue weighted by Gasteiger charge is 2.22. The summed E-state index contributed by atoms with van der Waals surface area (Å²) in [7, 11) is 5.90. The summed E-state index contributed by atoms with van der Waals surface area (Å²) < 4.78 is 16.1. The van der Waals surface area contributed by atoms with Crippen LogP contribution in [-0.4, -0.2) is 86.5 Å². The van der Waals surface area contributed by atoms with Crippen LogP contribution in [0.3, 0.4) is 0 Å². The Morgan fingerprint density at radius 3 is 1.79 bits per heavy atom. The summed E-state index contributed by atoms with van der Waals surface area (Å²) in [4.78, 5) is 23.2. The van der Waals surface area contributed by atoms with Crippen LogP contribution in [0.2, 0.25) is 0 Å². The van der Waals surface area contributed by atoms with Gasteiger partial charge in [-0.2, -0.15) is 0 Å². The van der Waals surface area contributed by atoms with Crippen LogP contribution >= 0.6 is 0 Å². The van der Waals surface area contributed by atoms with E-state index < -0.39 is 18.4 Å². The van der Waals surface area contributed by atoms with Crippen LogP contribution in [-0.2, 0) is 23.8 Å². The molecule has 0 saturated carbocycles. The van der Waals surface area contributed by atoms with Crippen molar-refractivity contribution < 1.29 is 38.5 Å². The summed E-state index contributed by atoms with van der Waals surface area (Å²) in [5, 5.41) is 19.2. The van der Waals surface area contributed by atoms with Crippen molar-refractivity contribution >= 4 is 11.9 Å². The fourth-order valence-corrected chi connectivity index (χ4v) is 4.01. The Balaban J connectivity index is 3.64. The normalized spacial score (nSPS) is 13.8. The van der Waals surface area contributed by atoms with Gasteiger partial charge < -0.3 is 28.9 Å². The minimum atomic E-state index is -1.47. The number of carbonyl (C=O) groups excluding carboxylic acids is 1. The monoisotopic (exact) mass is 596 g/mol. The Bertz CT molecular complexity index is 743. The second kappa shape index (κ2) is 27.8. The van der Waals surface area contributed by atoms with E-state index in [0.29, 0.717) is 17.4 Å². The van der Waals surface area contributed by atoms with Crippen molar-refractivity contribution in [2.75, 3.05) is 47.5 Å². The molecule has 0 fully saturated rings. The van der Waals surface area contributed by atoms with Gasteiger partial charge in [0.05, 0.1) is 34.4 Å². The number of aliphatic carboxylic acids is 1. The first-order valence-electron chi connectivity index (χ1n) is 16.2. The minimum absolute atomic E-state index is 0.207. The molecule has 42 heavy (non-hydrogen) atoms. The smallest absolute Gasteiger partial charge is 0.361 e. The van der Waals surface area contributed by atoms with Gasteiger partial charge >= 0.3 is 11.9 Å². The summed E-state index contributed by atoms with van der Waals surface area (Å²) in [5.41, 5.74) is 0. The first-order chi connectivity index (χ1) is 20.2. The van der Waals surface area contributed by atoms with Gasteiger partial charge in [-0.1, -0.05) is 94.7 Å². The molecule has 244 valence electrons. The molecule has 0 aliphatic carbocycles. The number of likely N-dealkylation sites (N-methyl/N-ethyl adjacent to an activating group) is 1. The lowest BCUT2D eigenvalue weighted by Crippen LogP contribution is -2.40. The molecule has 0 saturated heterocycles. The van der Waals surface area contributed by atoms with Crippen molar-refractivity contribution in [2.24, 2.45) is 0 Å². The van der Waals surface area contributed by atoms with Crippen molar-refractivity contribution in [3.63, 3.8) is 0 Å². The van der Waals surface area contributed by atoms with Gasteiger partial charge in [0.2, 0.25) is 0 Å². The molecule has 0 heterocycles. The number of esters is 1. The lowest BCUT2D eigenvalue weighted by Gasteiger charge is -2.24. The number of aliphatic hydroxyl groups excluding tert-OH is 1. The molecule has 2 N–H and O–H groups in total. The zero-order valence-corrected chi connectivity index (χ0v) is 27.1. The fraction of sp³-hybridized carbons (Fsp3) is 0.765. The van der Waals surface area contributed by atoms with Crippen molar-refractivity contribution in [1.82, 2.24) is 0 Å². The summed E-state index contributed by atoms with van der Waals surface area (Å²) in [6.07, 6.45) is 28.7. The van der Waals surface area contributed by atoms with E-state index in [0.717, 1.165) is 44.9 Å². The third-order valence-electron chi connectivity index (χ3n) is 6.63. The molecule has 2 atom stereocenters. The topological polar surface area (TPSA) is 102 Å². The quantitative estimate of drug-likeness (QED) is 0.0316. The average Bonchev–Trinajstić information content (AvgIpc) is 2.93. The molecule has 0 rings (SSSR count). The van der Waals surface area contributed by atoms with E-state index in [2.05, 4.69) is 43.4 Å². The molecule has 0 aromatic rings. The number of carbonyl (C=O) groups is 2. The van der Waals surface area contributed by atoms with Crippen molar-refractivity contribution in [3.05, 3.63) is 36.5 Å². The number of carboxylic acids is 1. The predicted molar refractivity (Wildman–Crippen MR) is 170 cm³/mol. The highest BCUT2D eigenvalue weighted by molar-refractivity contribution is 5.70. The molecule has 0 bridgehead atoms. The van der Waals surface area contributed by atoms with Crippen molar-refractivity contribution in [1.29, 1.82) is 0 Å². The Labute approximate surface area is 256 Å². The van der Waals surface area contributed by atoms with Gasteiger partial charge in [-0.25, -0.2) is 4.79 Å². The molecule has 0 aliphatic rings. The number of allylic oxidation sites excluding steroid dienone is 6. The number of aliphatic hydroxyl groups is 1. The highest BCUT2D eigenvalue weighted by Crippen LogP contribution is 2.10. The minimum Gasteiger partial charge on any atom is -0.477 e. The molecule has 0 aromatic carbocycles. The summed E-state index contributed by atoms with van der Waals surface area (Å²) in [5.74, 6) is -1.63. The summed E-state index contributed by atoms with van der Waals surface area (Å²) >= 11 is 0. The van der Waals surface area contributed by atoms with E-state index in [1.54, 1.807) is 0 Å². The fourth-order valence-electron chi connectivity index (χ4n) is 4.01. The Morgan fingerprint density at radius 1 is 0.714 bits per heavy atom. The summed E-state index contributed by atoms with van der Waals surface area (Å²) in [6, 6.07) is 0. The van der Waals surface area contributed by atoms with Crippen LogP contribution in [0.4, 0.5) is 0 Å². The molecular formula is C34H62NO7+. The van der Waals surface area contributed by atoms with E-state index >= 15 is 0 Å². The van der Waals surface area contributed by atoms with Gasteiger partial charge in [-0.3, -0.25) is 4.79 Å². The van der Waals surface area contributed by atoms with Gasteiger partial charge in [0.25, 0.3) is 6.29 Å². The maximum Gasteiger partial charge on any atom is 0.361 e. The zero-order valence-electron chi connectivity index (χ0n) is 27.1. The van der Waals surface area contributed by atoms with Crippen molar-refractivity contribution in [3.8, 4) is 0 Å². The van der Waals surface area contributed by atoms with E-state index in [-0.39, 0.29) is 25.8 Å². The molecule has 0 aromatic heterocycles. The maximum absolute atomic E-state index is 11.9. The van der Waals surface area contributed by atoms with Crippen LogP contribution < -0.4 is 0 Å². The number of quaternary nitrogens is 1. The van der Waals surface area contributed by atoms with Crippen LogP contribution in [0.1, 0.15) is 110 Å². The maximum atomic E-state index is 11.9. The number of ether oxygens (including phenoxy) is 3. The molecule has 2 unspecified atom stereocenters. The summed E-state index contributed by atoms with van der Waals surface area (Å²) in [6.45, 7) is 2.54.